The molecule has 112 valence electrons. The van der Waals surface area contributed by atoms with Gasteiger partial charge in [0.25, 0.3) is 0 Å². The Bertz CT molecular complexity index is 568. The smallest absolute Gasteiger partial charge is 0.243 e. The molecule has 6 nitrogen and oxygen atoms in total. The summed E-state index contributed by atoms with van der Waals surface area (Å²) in [5.74, 6) is 0.0114. The Balaban J connectivity index is 1.62. The minimum absolute atomic E-state index is 0.0114. The lowest BCUT2D eigenvalue weighted by atomic mass is 10.2. The van der Waals surface area contributed by atoms with Crippen molar-refractivity contribution in [3.8, 4) is 0 Å². The highest BCUT2D eigenvalue weighted by Crippen LogP contribution is 2.22. The summed E-state index contributed by atoms with van der Waals surface area (Å²) >= 11 is 1.44. The average molecular weight is 305 g/mol. The SMILES string of the molecule is C[C@@H](C(=O)Nc1nccs1)N1CCC[C@H]1Cn1cccn1. The Hall–Kier alpha value is -1.73. The molecule has 3 rings (SSSR count). The first-order valence-electron chi connectivity index (χ1n) is 7.17. The highest BCUT2D eigenvalue weighted by Gasteiger charge is 2.32. The zero-order valence-corrected chi connectivity index (χ0v) is 12.8. The Labute approximate surface area is 127 Å². The van der Waals surface area contributed by atoms with E-state index in [2.05, 4.69) is 20.3 Å². The summed E-state index contributed by atoms with van der Waals surface area (Å²) in [7, 11) is 0. The summed E-state index contributed by atoms with van der Waals surface area (Å²) in [5, 5.41) is 9.66. The fraction of sp³-hybridized carbons (Fsp3) is 0.500. The van der Waals surface area contributed by atoms with Gasteiger partial charge in [-0.15, -0.1) is 11.3 Å². The van der Waals surface area contributed by atoms with E-state index in [9.17, 15) is 4.79 Å². The van der Waals surface area contributed by atoms with Crippen molar-refractivity contribution in [1.29, 1.82) is 0 Å². The Morgan fingerprint density at radius 3 is 3.19 bits per heavy atom. The third-order valence-electron chi connectivity index (χ3n) is 3.92. The zero-order chi connectivity index (χ0) is 14.7. The van der Waals surface area contributed by atoms with E-state index in [-0.39, 0.29) is 11.9 Å². The van der Waals surface area contributed by atoms with Gasteiger partial charge in [0.2, 0.25) is 5.91 Å². The Kier molecular flexibility index (Phi) is 4.31. The first-order chi connectivity index (χ1) is 10.2. The van der Waals surface area contributed by atoms with E-state index in [1.165, 1.54) is 11.3 Å². The van der Waals surface area contributed by atoms with Crippen LogP contribution in [0.3, 0.4) is 0 Å². The Morgan fingerprint density at radius 2 is 2.48 bits per heavy atom. The maximum atomic E-state index is 12.3. The van der Waals surface area contributed by atoms with Crippen LogP contribution in [-0.4, -0.2) is 44.2 Å². The molecule has 1 N–H and O–H groups in total. The number of carbonyl (C=O) groups is 1. The predicted octanol–water partition coefficient (Wildman–Crippen LogP) is 1.83. The van der Waals surface area contributed by atoms with Gasteiger partial charge in [0.1, 0.15) is 0 Å². The zero-order valence-electron chi connectivity index (χ0n) is 12.0. The number of anilines is 1. The van der Waals surface area contributed by atoms with Crippen LogP contribution in [0.15, 0.2) is 30.0 Å². The van der Waals surface area contributed by atoms with Gasteiger partial charge in [0.15, 0.2) is 5.13 Å². The summed E-state index contributed by atoms with van der Waals surface area (Å²) in [5.41, 5.74) is 0. The van der Waals surface area contributed by atoms with Gasteiger partial charge in [-0.1, -0.05) is 0 Å². The standard InChI is InChI=1S/C14H19N5OS/c1-11(13(20)17-14-15-6-9-21-14)19-8-2-4-12(19)10-18-7-3-5-16-18/h3,5-7,9,11-12H,2,4,8,10H2,1H3,(H,15,17,20)/t11-,12-/m0/s1. The molecule has 0 aromatic carbocycles. The van der Waals surface area contributed by atoms with Gasteiger partial charge in [0, 0.05) is 30.0 Å². The van der Waals surface area contributed by atoms with Crippen molar-refractivity contribution in [2.75, 3.05) is 11.9 Å². The number of nitrogens with one attached hydrogen (secondary N) is 1. The van der Waals surface area contributed by atoms with E-state index in [0.29, 0.717) is 11.2 Å². The molecule has 0 bridgehead atoms. The highest BCUT2D eigenvalue weighted by molar-refractivity contribution is 7.13. The van der Waals surface area contributed by atoms with E-state index < -0.39 is 0 Å². The summed E-state index contributed by atoms with van der Waals surface area (Å²) in [6, 6.07) is 2.14. The maximum absolute atomic E-state index is 12.3. The second kappa shape index (κ2) is 6.36. The molecule has 1 saturated heterocycles. The van der Waals surface area contributed by atoms with E-state index >= 15 is 0 Å². The van der Waals surface area contributed by atoms with Gasteiger partial charge in [-0.05, 0) is 32.4 Å². The maximum Gasteiger partial charge on any atom is 0.243 e. The van der Waals surface area contributed by atoms with Gasteiger partial charge < -0.3 is 5.32 Å². The fourth-order valence-electron chi connectivity index (χ4n) is 2.83. The van der Waals surface area contributed by atoms with Crippen LogP contribution in [0, 0.1) is 0 Å². The van der Waals surface area contributed by atoms with Gasteiger partial charge in [-0.3, -0.25) is 14.4 Å². The molecule has 1 fully saturated rings. The van der Waals surface area contributed by atoms with Crippen LogP contribution in [0.5, 0.6) is 0 Å². The number of amides is 1. The summed E-state index contributed by atoms with van der Waals surface area (Å²) in [4.78, 5) is 18.7. The van der Waals surface area contributed by atoms with Crippen molar-refractivity contribution >= 4 is 22.4 Å². The van der Waals surface area contributed by atoms with Gasteiger partial charge in [0.05, 0.1) is 12.6 Å². The number of nitrogens with zero attached hydrogens (tertiary/aromatic N) is 4. The summed E-state index contributed by atoms with van der Waals surface area (Å²) in [6.07, 6.45) is 7.69. The van der Waals surface area contributed by atoms with Crippen molar-refractivity contribution < 1.29 is 4.79 Å². The van der Waals surface area contributed by atoms with E-state index in [4.69, 9.17) is 0 Å². The van der Waals surface area contributed by atoms with E-state index in [1.54, 1.807) is 12.4 Å². The number of aromatic nitrogens is 3. The lowest BCUT2D eigenvalue weighted by molar-refractivity contribution is -0.121. The lowest BCUT2D eigenvalue weighted by Gasteiger charge is -2.29. The van der Waals surface area contributed by atoms with Gasteiger partial charge in [-0.25, -0.2) is 4.98 Å². The second-order valence-corrected chi connectivity index (χ2v) is 6.16. The largest absolute Gasteiger partial charge is 0.301 e. The van der Waals surface area contributed by atoms with Crippen LogP contribution >= 0.6 is 11.3 Å². The third-order valence-corrected chi connectivity index (χ3v) is 4.61. The van der Waals surface area contributed by atoms with Crippen LogP contribution in [0.4, 0.5) is 5.13 Å². The number of carbonyl (C=O) groups excluding carboxylic acids is 1. The number of hydrogen-bond acceptors (Lipinski definition) is 5. The van der Waals surface area contributed by atoms with Crippen molar-refractivity contribution in [1.82, 2.24) is 19.7 Å². The molecule has 0 saturated carbocycles. The number of thiazole rings is 1. The highest BCUT2D eigenvalue weighted by atomic mass is 32.1. The molecule has 1 aliphatic rings. The number of rotatable bonds is 5. The minimum Gasteiger partial charge on any atom is -0.301 e. The van der Waals surface area contributed by atoms with Crippen molar-refractivity contribution in [3.05, 3.63) is 30.0 Å². The molecule has 2 aromatic heterocycles. The van der Waals surface area contributed by atoms with Crippen molar-refractivity contribution in [3.63, 3.8) is 0 Å². The molecular weight excluding hydrogens is 286 g/mol. The summed E-state index contributed by atoms with van der Waals surface area (Å²) < 4.78 is 1.94. The Morgan fingerprint density at radius 1 is 1.57 bits per heavy atom. The van der Waals surface area contributed by atoms with Crippen LogP contribution in [-0.2, 0) is 11.3 Å². The average Bonchev–Trinajstić information content (AvgIpc) is 3.20. The molecule has 2 aromatic rings. The molecule has 1 aliphatic heterocycles. The molecule has 0 spiro atoms. The van der Waals surface area contributed by atoms with Gasteiger partial charge >= 0.3 is 0 Å². The van der Waals surface area contributed by atoms with E-state index in [1.807, 2.05) is 29.2 Å². The van der Waals surface area contributed by atoms with Crippen LogP contribution in [0.2, 0.25) is 0 Å². The third kappa shape index (κ3) is 3.30. The molecule has 21 heavy (non-hydrogen) atoms. The van der Waals surface area contributed by atoms with Crippen molar-refractivity contribution in [2.45, 2.75) is 38.4 Å². The molecule has 2 atom stereocenters. The predicted molar refractivity (Wildman–Crippen MR) is 82.2 cm³/mol. The normalized spacial score (nSPS) is 20.5. The van der Waals surface area contributed by atoms with Crippen molar-refractivity contribution in [2.24, 2.45) is 0 Å². The molecule has 1 amide bonds. The minimum atomic E-state index is -0.156. The first kappa shape index (κ1) is 14.2. The molecule has 0 aliphatic carbocycles. The molecule has 7 heteroatoms. The van der Waals surface area contributed by atoms with Crippen LogP contribution in [0.1, 0.15) is 19.8 Å². The number of likely N-dealkylation sites (tertiary alicyclic amines) is 1. The number of hydrogen-bond donors (Lipinski definition) is 1. The molecule has 0 unspecified atom stereocenters. The fourth-order valence-corrected chi connectivity index (χ4v) is 3.37. The topological polar surface area (TPSA) is 63.1 Å². The lowest BCUT2D eigenvalue weighted by Crippen LogP contribution is -2.46. The second-order valence-electron chi connectivity index (χ2n) is 5.26. The van der Waals surface area contributed by atoms with Gasteiger partial charge in [-0.2, -0.15) is 5.10 Å². The molecule has 0 radical (unpaired) electrons. The molecule has 3 heterocycles. The van der Waals surface area contributed by atoms with Crippen LogP contribution in [0.25, 0.3) is 0 Å². The molecular formula is C14H19N5OS. The van der Waals surface area contributed by atoms with Crippen LogP contribution < -0.4 is 5.32 Å². The monoisotopic (exact) mass is 305 g/mol. The quantitative estimate of drug-likeness (QED) is 0.915. The van der Waals surface area contributed by atoms with E-state index in [0.717, 1.165) is 25.9 Å². The first-order valence-corrected chi connectivity index (χ1v) is 8.05. The summed E-state index contributed by atoms with van der Waals surface area (Å²) in [6.45, 7) is 3.75.